The molecule has 0 aromatic rings. The number of amides is 1. The number of carbonyl (C=O) groups excluding carboxylic acids is 2. The maximum absolute atomic E-state index is 11.6. The number of rotatable bonds is 13. The average Bonchev–Trinajstić information content (AvgIpc) is 2.43. The fraction of sp³-hybridized carbons (Fsp3) is 0.882. The molecule has 3 N–H and O–H groups in total. The highest BCUT2D eigenvalue weighted by molar-refractivity contribution is 5.78. The van der Waals surface area contributed by atoms with Gasteiger partial charge in [-0.3, -0.25) is 9.59 Å². The quantitative estimate of drug-likeness (QED) is 0.513. The van der Waals surface area contributed by atoms with Crippen LogP contribution in [0.25, 0.3) is 0 Å². The van der Waals surface area contributed by atoms with Gasteiger partial charge in [-0.25, -0.2) is 0 Å². The van der Waals surface area contributed by atoms with Crippen LogP contribution in [0.15, 0.2) is 0 Å². The van der Waals surface area contributed by atoms with Crippen molar-refractivity contribution in [3.05, 3.63) is 0 Å². The van der Waals surface area contributed by atoms with Gasteiger partial charge in [-0.05, 0) is 31.6 Å². The Morgan fingerprint density at radius 2 is 1.71 bits per heavy atom. The van der Waals surface area contributed by atoms with E-state index in [2.05, 4.69) is 19.2 Å². The summed E-state index contributed by atoms with van der Waals surface area (Å²) in [7, 11) is 0. The molecule has 0 unspecified atom stereocenters. The largest absolute Gasteiger partial charge is 0.352 e. The van der Waals surface area contributed by atoms with E-state index in [1.54, 1.807) is 0 Å². The third-order valence-electron chi connectivity index (χ3n) is 3.64. The maximum atomic E-state index is 11.6. The van der Waals surface area contributed by atoms with E-state index in [9.17, 15) is 9.59 Å². The van der Waals surface area contributed by atoms with Crippen LogP contribution in [0.5, 0.6) is 0 Å². The van der Waals surface area contributed by atoms with Crippen molar-refractivity contribution in [2.24, 2.45) is 11.7 Å². The van der Waals surface area contributed by atoms with E-state index in [1.807, 2.05) is 6.92 Å². The molecule has 0 bridgehead atoms. The van der Waals surface area contributed by atoms with Crippen molar-refractivity contribution in [1.82, 2.24) is 5.32 Å². The highest BCUT2D eigenvalue weighted by Gasteiger charge is 2.10. The normalized spacial score (nSPS) is 12.4. The smallest absolute Gasteiger partial charge is 0.220 e. The van der Waals surface area contributed by atoms with Crippen LogP contribution in [-0.2, 0) is 9.59 Å². The van der Waals surface area contributed by atoms with Gasteiger partial charge in [0, 0.05) is 31.8 Å². The predicted molar refractivity (Wildman–Crippen MR) is 88.1 cm³/mol. The Morgan fingerprint density at radius 1 is 1.00 bits per heavy atom. The van der Waals surface area contributed by atoms with Crippen LogP contribution >= 0.6 is 0 Å². The van der Waals surface area contributed by atoms with Gasteiger partial charge in [0.15, 0.2) is 0 Å². The van der Waals surface area contributed by atoms with Gasteiger partial charge in [-0.15, -0.1) is 0 Å². The molecule has 4 nitrogen and oxygen atoms in total. The van der Waals surface area contributed by atoms with E-state index in [0.29, 0.717) is 31.1 Å². The van der Waals surface area contributed by atoms with Gasteiger partial charge in [0.1, 0.15) is 5.78 Å². The van der Waals surface area contributed by atoms with Crippen LogP contribution in [0.4, 0.5) is 0 Å². The lowest BCUT2D eigenvalue weighted by molar-refractivity contribution is -0.122. The lowest BCUT2D eigenvalue weighted by atomic mass is 10.0. The fourth-order valence-corrected chi connectivity index (χ4v) is 2.24. The second-order valence-electron chi connectivity index (χ2n) is 6.32. The Hall–Kier alpha value is -0.900. The SMILES string of the molecule is CCCC(=O)N[C@@H](CN)CCCCCC(=O)CCC(C)C. The molecule has 1 atom stereocenters. The molecule has 0 spiro atoms. The van der Waals surface area contributed by atoms with E-state index in [-0.39, 0.29) is 11.9 Å². The number of Topliss-reactive ketones (excluding diaryl/α,β-unsaturated/α-hetero) is 1. The minimum Gasteiger partial charge on any atom is -0.352 e. The Kier molecular flexibility index (Phi) is 12.3. The van der Waals surface area contributed by atoms with Crippen molar-refractivity contribution in [3.63, 3.8) is 0 Å². The van der Waals surface area contributed by atoms with Crippen molar-refractivity contribution in [1.29, 1.82) is 0 Å². The van der Waals surface area contributed by atoms with Crippen LogP contribution in [0, 0.1) is 5.92 Å². The molecule has 0 aliphatic heterocycles. The zero-order chi connectivity index (χ0) is 16.1. The molecule has 21 heavy (non-hydrogen) atoms. The van der Waals surface area contributed by atoms with Crippen molar-refractivity contribution in [3.8, 4) is 0 Å². The standard InChI is InChI=1S/C17H34N2O2/c1-4-8-17(21)19-15(13-18)9-6-5-7-10-16(20)12-11-14(2)3/h14-15H,4-13,18H2,1-3H3,(H,19,21)/t15-/m1/s1. The van der Waals surface area contributed by atoms with E-state index < -0.39 is 0 Å². The van der Waals surface area contributed by atoms with Crippen LogP contribution in [0.1, 0.15) is 78.6 Å². The number of hydrogen-bond acceptors (Lipinski definition) is 3. The number of hydrogen-bond donors (Lipinski definition) is 2. The van der Waals surface area contributed by atoms with Gasteiger partial charge in [-0.1, -0.05) is 33.6 Å². The molecule has 124 valence electrons. The Morgan fingerprint density at radius 3 is 2.29 bits per heavy atom. The van der Waals surface area contributed by atoms with Gasteiger partial charge in [0.25, 0.3) is 0 Å². The molecule has 0 rings (SSSR count). The monoisotopic (exact) mass is 298 g/mol. The Balaban J connectivity index is 3.63. The van der Waals surface area contributed by atoms with E-state index >= 15 is 0 Å². The summed E-state index contributed by atoms with van der Waals surface area (Å²) in [5, 5.41) is 2.97. The summed E-state index contributed by atoms with van der Waals surface area (Å²) in [5.41, 5.74) is 5.68. The maximum Gasteiger partial charge on any atom is 0.220 e. The molecule has 0 aromatic heterocycles. The number of unbranched alkanes of at least 4 members (excludes halogenated alkanes) is 2. The minimum atomic E-state index is 0.0840. The molecular weight excluding hydrogens is 264 g/mol. The first kappa shape index (κ1) is 20.1. The molecule has 0 aliphatic carbocycles. The van der Waals surface area contributed by atoms with Crippen LogP contribution < -0.4 is 11.1 Å². The molecule has 0 aromatic carbocycles. The predicted octanol–water partition coefficient (Wildman–Crippen LogP) is 3.19. The zero-order valence-electron chi connectivity index (χ0n) is 14.1. The first-order chi connectivity index (χ1) is 9.99. The highest BCUT2D eigenvalue weighted by Crippen LogP contribution is 2.10. The van der Waals surface area contributed by atoms with Crippen molar-refractivity contribution < 1.29 is 9.59 Å². The van der Waals surface area contributed by atoms with Crippen LogP contribution in [0.3, 0.4) is 0 Å². The second kappa shape index (κ2) is 12.8. The lowest BCUT2D eigenvalue weighted by Gasteiger charge is -2.16. The third kappa shape index (κ3) is 12.5. The number of carbonyl (C=O) groups is 2. The van der Waals surface area contributed by atoms with Gasteiger partial charge in [-0.2, -0.15) is 0 Å². The average molecular weight is 298 g/mol. The Bertz CT molecular complexity index is 291. The van der Waals surface area contributed by atoms with E-state index in [0.717, 1.165) is 44.9 Å². The summed E-state index contributed by atoms with van der Waals surface area (Å²) in [4.78, 5) is 23.1. The number of ketones is 1. The molecule has 0 radical (unpaired) electrons. The summed E-state index contributed by atoms with van der Waals surface area (Å²) in [6.45, 7) is 6.77. The summed E-state index contributed by atoms with van der Waals surface area (Å²) in [6, 6.07) is 0.0840. The number of nitrogens with one attached hydrogen (secondary N) is 1. The molecule has 0 saturated carbocycles. The molecule has 0 saturated heterocycles. The van der Waals surface area contributed by atoms with Crippen molar-refractivity contribution in [2.75, 3.05) is 6.54 Å². The second-order valence-corrected chi connectivity index (χ2v) is 6.32. The zero-order valence-corrected chi connectivity index (χ0v) is 14.1. The van der Waals surface area contributed by atoms with E-state index in [4.69, 9.17) is 5.73 Å². The number of nitrogens with two attached hydrogens (primary N) is 1. The molecule has 0 heterocycles. The molecule has 1 amide bonds. The Labute approximate surface area is 130 Å². The molecule has 0 fully saturated rings. The van der Waals surface area contributed by atoms with Crippen LogP contribution in [-0.4, -0.2) is 24.3 Å². The van der Waals surface area contributed by atoms with Gasteiger partial charge in [0.2, 0.25) is 5.91 Å². The minimum absolute atomic E-state index is 0.0840. The topological polar surface area (TPSA) is 72.2 Å². The summed E-state index contributed by atoms with van der Waals surface area (Å²) in [6.07, 6.45) is 7.76. The third-order valence-corrected chi connectivity index (χ3v) is 3.64. The van der Waals surface area contributed by atoms with E-state index in [1.165, 1.54) is 0 Å². The lowest BCUT2D eigenvalue weighted by Crippen LogP contribution is -2.40. The van der Waals surface area contributed by atoms with Crippen LogP contribution in [0.2, 0.25) is 0 Å². The van der Waals surface area contributed by atoms with Gasteiger partial charge < -0.3 is 11.1 Å². The fourth-order valence-electron chi connectivity index (χ4n) is 2.24. The molecular formula is C17H34N2O2. The van der Waals surface area contributed by atoms with Crippen molar-refractivity contribution in [2.45, 2.75) is 84.6 Å². The first-order valence-corrected chi connectivity index (χ1v) is 8.50. The molecule has 0 aliphatic rings. The summed E-state index contributed by atoms with van der Waals surface area (Å²) in [5.74, 6) is 1.08. The highest BCUT2D eigenvalue weighted by atomic mass is 16.1. The molecule has 4 heteroatoms. The van der Waals surface area contributed by atoms with Crippen molar-refractivity contribution >= 4 is 11.7 Å². The van der Waals surface area contributed by atoms with Gasteiger partial charge >= 0.3 is 0 Å². The summed E-state index contributed by atoms with van der Waals surface area (Å²) < 4.78 is 0. The summed E-state index contributed by atoms with van der Waals surface area (Å²) >= 11 is 0. The van der Waals surface area contributed by atoms with Gasteiger partial charge in [0.05, 0.1) is 0 Å². The first-order valence-electron chi connectivity index (χ1n) is 8.50.